The highest BCUT2D eigenvalue weighted by molar-refractivity contribution is 5.74. The smallest absolute Gasteiger partial charge is 0.229 e. The number of aromatic nitrogens is 3. The Bertz CT molecular complexity index is 485. The van der Waals surface area contributed by atoms with Gasteiger partial charge in [-0.15, -0.1) is 0 Å². The summed E-state index contributed by atoms with van der Waals surface area (Å²) in [4.78, 5) is 14.8. The maximum Gasteiger partial charge on any atom is 0.229 e. The molecule has 5 heteroatoms. The molecule has 0 fully saturated rings. The van der Waals surface area contributed by atoms with Crippen molar-refractivity contribution in [3.63, 3.8) is 0 Å². The molecule has 0 aliphatic carbocycles. The molecule has 0 aliphatic heterocycles. The zero-order chi connectivity index (χ0) is 11.5. The molecule has 0 unspecified atom stereocenters. The highest BCUT2D eigenvalue weighted by Crippen LogP contribution is 2.11. The highest BCUT2D eigenvalue weighted by Gasteiger charge is 2.09. The molecular formula is C11H13N3O2. The van der Waals surface area contributed by atoms with E-state index in [1.807, 2.05) is 24.6 Å². The molecule has 0 atom stereocenters. The van der Waals surface area contributed by atoms with E-state index in [1.54, 1.807) is 12.3 Å². The Morgan fingerprint density at radius 2 is 2.38 bits per heavy atom. The molecular weight excluding hydrogens is 206 g/mol. The number of nitrogens with zero attached hydrogens (tertiary/aromatic N) is 3. The number of rotatable bonds is 4. The van der Waals surface area contributed by atoms with Crippen molar-refractivity contribution in [2.24, 2.45) is 0 Å². The summed E-state index contributed by atoms with van der Waals surface area (Å²) in [6.45, 7) is 4.51. The fourth-order valence-corrected chi connectivity index (χ4v) is 1.36. The van der Waals surface area contributed by atoms with E-state index in [4.69, 9.17) is 4.52 Å². The number of carbonyl (C=O) groups excluding carboxylic acids is 1. The molecule has 2 rings (SSSR count). The Labute approximate surface area is 93.1 Å². The van der Waals surface area contributed by atoms with Crippen molar-refractivity contribution in [3.8, 4) is 0 Å². The van der Waals surface area contributed by atoms with Crippen molar-refractivity contribution in [3.05, 3.63) is 35.7 Å². The van der Waals surface area contributed by atoms with Gasteiger partial charge in [-0.1, -0.05) is 19.0 Å². The largest absolute Gasteiger partial charge is 0.346 e. The average molecular weight is 219 g/mol. The van der Waals surface area contributed by atoms with Gasteiger partial charge in [0, 0.05) is 23.9 Å². The average Bonchev–Trinajstić information content (AvgIpc) is 2.87. The summed E-state index contributed by atoms with van der Waals surface area (Å²) >= 11 is 0. The molecule has 0 amide bonds. The van der Waals surface area contributed by atoms with Crippen LogP contribution in [0, 0.1) is 0 Å². The Kier molecular flexibility index (Phi) is 2.85. The van der Waals surface area contributed by atoms with E-state index < -0.39 is 0 Å². The molecule has 2 heterocycles. The first-order chi connectivity index (χ1) is 7.69. The van der Waals surface area contributed by atoms with Gasteiger partial charge in [0.2, 0.25) is 5.89 Å². The highest BCUT2D eigenvalue weighted by atomic mass is 16.5. The number of hydrogen-bond donors (Lipinski definition) is 0. The van der Waals surface area contributed by atoms with Gasteiger partial charge in [0.1, 0.15) is 0 Å². The molecule has 2 aromatic heterocycles. The topological polar surface area (TPSA) is 60.9 Å². The number of hydrogen-bond acceptors (Lipinski definition) is 4. The van der Waals surface area contributed by atoms with Gasteiger partial charge < -0.3 is 9.09 Å². The molecule has 0 saturated carbocycles. The van der Waals surface area contributed by atoms with Crippen molar-refractivity contribution >= 4 is 6.29 Å². The second-order valence-corrected chi connectivity index (χ2v) is 3.94. The lowest BCUT2D eigenvalue weighted by molar-refractivity contribution is 0.112. The van der Waals surface area contributed by atoms with Crippen LogP contribution in [0.15, 0.2) is 23.0 Å². The first-order valence-electron chi connectivity index (χ1n) is 5.12. The molecule has 0 spiro atoms. The molecule has 0 aromatic carbocycles. The fraction of sp³-hybridized carbons (Fsp3) is 0.364. The van der Waals surface area contributed by atoms with Gasteiger partial charge in [-0.3, -0.25) is 4.79 Å². The summed E-state index contributed by atoms with van der Waals surface area (Å²) in [7, 11) is 0. The van der Waals surface area contributed by atoms with Crippen LogP contribution in [0.2, 0.25) is 0 Å². The van der Waals surface area contributed by atoms with Crippen LogP contribution in [0.3, 0.4) is 0 Å². The summed E-state index contributed by atoms with van der Waals surface area (Å²) in [6.07, 6.45) is 4.37. The van der Waals surface area contributed by atoms with Crippen LogP contribution in [0.25, 0.3) is 0 Å². The maximum absolute atomic E-state index is 10.5. The van der Waals surface area contributed by atoms with Crippen LogP contribution in [0.4, 0.5) is 0 Å². The normalized spacial score (nSPS) is 10.9. The monoisotopic (exact) mass is 219 g/mol. The first kappa shape index (κ1) is 10.6. The third-order valence-electron chi connectivity index (χ3n) is 2.21. The van der Waals surface area contributed by atoms with E-state index in [2.05, 4.69) is 10.1 Å². The summed E-state index contributed by atoms with van der Waals surface area (Å²) in [5.41, 5.74) is 0.646. The molecule has 0 N–H and O–H groups in total. The quantitative estimate of drug-likeness (QED) is 0.736. The second-order valence-electron chi connectivity index (χ2n) is 3.94. The van der Waals surface area contributed by atoms with Gasteiger partial charge in [-0.25, -0.2) is 0 Å². The minimum Gasteiger partial charge on any atom is -0.346 e. The SMILES string of the molecule is CC(C)c1nc(Cn2ccc(C=O)c2)no1. The number of carbonyl (C=O) groups is 1. The Hall–Kier alpha value is -1.91. The molecule has 0 radical (unpaired) electrons. The lowest BCUT2D eigenvalue weighted by atomic mass is 10.2. The van der Waals surface area contributed by atoms with Crippen LogP contribution in [0.5, 0.6) is 0 Å². The fourth-order valence-electron chi connectivity index (χ4n) is 1.36. The van der Waals surface area contributed by atoms with Gasteiger partial charge in [0.05, 0.1) is 6.54 Å². The molecule has 16 heavy (non-hydrogen) atoms. The zero-order valence-corrected chi connectivity index (χ0v) is 9.25. The summed E-state index contributed by atoms with van der Waals surface area (Å²) in [5.74, 6) is 1.49. The predicted molar refractivity (Wildman–Crippen MR) is 57.3 cm³/mol. The summed E-state index contributed by atoms with van der Waals surface area (Å²) in [6, 6.07) is 1.75. The van der Waals surface area contributed by atoms with Gasteiger partial charge in [-0.05, 0) is 6.07 Å². The molecule has 2 aromatic rings. The van der Waals surface area contributed by atoms with Crippen LogP contribution < -0.4 is 0 Å². The molecule has 84 valence electrons. The summed E-state index contributed by atoms with van der Waals surface area (Å²) < 4.78 is 6.93. The van der Waals surface area contributed by atoms with Crippen LogP contribution >= 0.6 is 0 Å². The van der Waals surface area contributed by atoms with Crippen molar-refractivity contribution in [1.82, 2.24) is 14.7 Å². The van der Waals surface area contributed by atoms with E-state index in [-0.39, 0.29) is 5.92 Å². The lowest BCUT2D eigenvalue weighted by Crippen LogP contribution is -1.99. The van der Waals surface area contributed by atoms with Gasteiger partial charge in [0.25, 0.3) is 0 Å². The Morgan fingerprint density at radius 3 is 2.94 bits per heavy atom. The van der Waals surface area contributed by atoms with Crippen molar-refractivity contribution in [2.45, 2.75) is 26.3 Å². The Balaban J connectivity index is 2.11. The van der Waals surface area contributed by atoms with Crippen LogP contribution in [-0.2, 0) is 6.54 Å². The van der Waals surface area contributed by atoms with Crippen molar-refractivity contribution < 1.29 is 9.32 Å². The summed E-state index contributed by atoms with van der Waals surface area (Å²) in [5, 5.41) is 3.87. The Morgan fingerprint density at radius 1 is 1.56 bits per heavy atom. The second kappa shape index (κ2) is 4.30. The molecule has 5 nitrogen and oxygen atoms in total. The van der Waals surface area contributed by atoms with E-state index in [0.29, 0.717) is 23.8 Å². The van der Waals surface area contributed by atoms with Gasteiger partial charge in [0.15, 0.2) is 12.1 Å². The third-order valence-corrected chi connectivity index (χ3v) is 2.21. The van der Waals surface area contributed by atoms with Crippen LogP contribution in [0.1, 0.15) is 41.8 Å². The predicted octanol–water partition coefficient (Wildman–Crippen LogP) is 1.86. The van der Waals surface area contributed by atoms with Gasteiger partial charge >= 0.3 is 0 Å². The maximum atomic E-state index is 10.5. The molecule has 0 saturated heterocycles. The van der Waals surface area contributed by atoms with Crippen molar-refractivity contribution in [1.29, 1.82) is 0 Å². The van der Waals surface area contributed by atoms with E-state index in [0.717, 1.165) is 6.29 Å². The van der Waals surface area contributed by atoms with Crippen molar-refractivity contribution in [2.75, 3.05) is 0 Å². The number of aldehydes is 1. The van der Waals surface area contributed by atoms with E-state index >= 15 is 0 Å². The molecule has 0 bridgehead atoms. The standard InChI is InChI=1S/C11H13N3O2/c1-8(2)11-12-10(13-16-11)6-14-4-3-9(5-14)7-15/h3-5,7-8H,6H2,1-2H3. The van der Waals surface area contributed by atoms with E-state index in [1.165, 1.54) is 0 Å². The van der Waals surface area contributed by atoms with E-state index in [9.17, 15) is 4.79 Å². The molecule has 0 aliphatic rings. The minimum atomic E-state index is 0.233. The minimum absolute atomic E-state index is 0.233. The zero-order valence-electron chi connectivity index (χ0n) is 9.25. The van der Waals surface area contributed by atoms with Crippen LogP contribution in [-0.4, -0.2) is 21.0 Å². The lowest BCUT2D eigenvalue weighted by Gasteiger charge is -1.96. The first-order valence-corrected chi connectivity index (χ1v) is 5.12. The third kappa shape index (κ3) is 2.18. The van der Waals surface area contributed by atoms with Gasteiger partial charge in [-0.2, -0.15) is 4.98 Å².